The lowest BCUT2D eigenvalue weighted by atomic mass is 9.83. The number of benzene rings is 2. The van der Waals surface area contributed by atoms with Crippen molar-refractivity contribution in [2.75, 3.05) is 19.6 Å². The first-order valence-electron chi connectivity index (χ1n) is 10.9. The SMILES string of the molecule is Cc1ccc2c(c1O)C[C@@H](C1CCN(Cc3cccc(C(F)(F)F)c3Cl)CC1)O[C@H]2CN.Cl.Cl. The number of aryl methyl sites for hydroxylation is 1. The van der Waals surface area contributed by atoms with Crippen LogP contribution in [0.5, 0.6) is 5.75 Å². The number of phenols is 1. The number of fused-ring (bicyclic) bond motifs is 1. The van der Waals surface area contributed by atoms with Crippen molar-refractivity contribution in [3.05, 3.63) is 63.2 Å². The fourth-order valence-corrected chi connectivity index (χ4v) is 5.22. The topological polar surface area (TPSA) is 58.7 Å². The molecule has 2 aliphatic heterocycles. The van der Waals surface area contributed by atoms with Crippen LogP contribution in [0.2, 0.25) is 5.02 Å². The summed E-state index contributed by atoms with van der Waals surface area (Å²) in [5.41, 5.74) is 8.39. The van der Waals surface area contributed by atoms with Gasteiger partial charge in [-0.3, -0.25) is 4.90 Å². The quantitative estimate of drug-likeness (QED) is 0.493. The standard InChI is InChI=1S/C24H28ClF3N2O2.2ClH/c1-14-5-6-17-18(23(14)31)11-20(32-21(17)12-29)15-7-9-30(10-8-15)13-16-3-2-4-19(22(16)25)24(26,27)28;;/h2-6,15,20-21,31H,7-13,29H2,1H3;2*1H/t20-,21-;;/m0../s1. The molecular weight excluding hydrogens is 512 g/mol. The monoisotopic (exact) mass is 540 g/mol. The Labute approximate surface area is 215 Å². The Morgan fingerprint density at radius 1 is 1.15 bits per heavy atom. The molecule has 0 saturated carbocycles. The Morgan fingerprint density at radius 2 is 1.82 bits per heavy atom. The minimum atomic E-state index is -4.46. The molecule has 0 radical (unpaired) electrons. The van der Waals surface area contributed by atoms with Crippen molar-refractivity contribution >= 4 is 36.4 Å². The van der Waals surface area contributed by atoms with E-state index in [9.17, 15) is 18.3 Å². The minimum Gasteiger partial charge on any atom is -0.507 e. The van der Waals surface area contributed by atoms with Crippen LogP contribution in [0, 0.1) is 12.8 Å². The number of rotatable bonds is 4. The van der Waals surface area contributed by atoms with Gasteiger partial charge in [0.1, 0.15) is 5.75 Å². The molecule has 10 heteroatoms. The van der Waals surface area contributed by atoms with Gasteiger partial charge in [-0.1, -0.05) is 35.9 Å². The van der Waals surface area contributed by atoms with Crippen LogP contribution in [0.4, 0.5) is 13.2 Å². The predicted octanol–water partition coefficient (Wildman–Crippen LogP) is 6.07. The van der Waals surface area contributed by atoms with E-state index >= 15 is 0 Å². The Kier molecular flexibility index (Phi) is 9.96. The molecule has 0 aromatic heterocycles. The van der Waals surface area contributed by atoms with Crippen LogP contribution in [0.15, 0.2) is 30.3 Å². The number of nitrogens with zero attached hydrogens (tertiary/aromatic N) is 1. The number of nitrogens with two attached hydrogens (primary N) is 1. The summed E-state index contributed by atoms with van der Waals surface area (Å²) in [4.78, 5) is 2.14. The zero-order valence-electron chi connectivity index (χ0n) is 18.8. The third kappa shape index (κ3) is 5.94. The van der Waals surface area contributed by atoms with Crippen LogP contribution >= 0.6 is 36.4 Å². The zero-order valence-corrected chi connectivity index (χ0v) is 21.2. The van der Waals surface area contributed by atoms with Gasteiger partial charge in [0.25, 0.3) is 0 Å². The molecule has 2 aromatic carbocycles. The number of piperidine rings is 1. The lowest BCUT2D eigenvalue weighted by molar-refractivity contribution is -0.137. The summed E-state index contributed by atoms with van der Waals surface area (Å²) in [5, 5.41) is 10.4. The van der Waals surface area contributed by atoms with Crippen LogP contribution in [0.25, 0.3) is 0 Å². The summed E-state index contributed by atoms with van der Waals surface area (Å²) < 4.78 is 45.8. The van der Waals surface area contributed by atoms with Crippen molar-refractivity contribution in [2.45, 2.75) is 51.1 Å². The highest BCUT2D eigenvalue weighted by Gasteiger charge is 2.36. The van der Waals surface area contributed by atoms with Crippen LogP contribution < -0.4 is 5.73 Å². The van der Waals surface area contributed by atoms with E-state index in [-0.39, 0.29) is 42.0 Å². The predicted molar refractivity (Wildman–Crippen MR) is 132 cm³/mol. The van der Waals surface area contributed by atoms with Crippen molar-refractivity contribution in [1.82, 2.24) is 4.90 Å². The molecule has 4 nitrogen and oxygen atoms in total. The van der Waals surface area contributed by atoms with Gasteiger partial charge in [-0.15, -0.1) is 24.8 Å². The summed E-state index contributed by atoms with van der Waals surface area (Å²) >= 11 is 6.07. The second-order valence-corrected chi connectivity index (χ2v) is 9.17. The summed E-state index contributed by atoms with van der Waals surface area (Å²) in [6.07, 6.45) is -2.37. The van der Waals surface area contributed by atoms with Gasteiger partial charge in [0.2, 0.25) is 0 Å². The summed E-state index contributed by atoms with van der Waals surface area (Å²) in [5.74, 6) is 0.621. The van der Waals surface area contributed by atoms with Crippen LogP contribution in [0.3, 0.4) is 0 Å². The molecule has 3 N–H and O–H groups in total. The molecule has 4 rings (SSSR count). The average molecular weight is 542 g/mol. The molecule has 0 amide bonds. The molecule has 0 spiro atoms. The van der Waals surface area contributed by atoms with Gasteiger partial charge >= 0.3 is 6.18 Å². The first-order chi connectivity index (χ1) is 15.2. The maximum absolute atomic E-state index is 13.1. The molecule has 0 aliphatic carbocycles. The number of halogens is 6. The maximum atomic E-state index is 13.1. The van der Waals surface area contributed by atoms with Crippen LogP contribution in [0.1, 0.15) is 46.8 Å². The Bertz CT molecular complexity index is 983. The van der Waals surface area contributed by atoms with E-state index in [1.165, 1.54) is 6.07 Å². The summed E-state index contributed by atoms with van der Waals surface area (Å²) in [7, 11) is 0. The van der Waals surface area contributed by atoms with E-state index in [0.29, 0.717) is 36.7 Å². The van der Waals surface area contributed by atoms with Crippen LogP contribution in [-0.2, 0) is 23.9 Å². The number of alkyl halides is 3. The highest BCUT2D eigenvalue weighted by Crippen LogP contribution is 2.41. The normalized spacial score (nSPS) is 21.4. The third-order valence-electron chi connectivity index (χ3n) is 6.76. The van der Waals surface area contributed by atoms with Gasteiger partial charge in [0, 0.05) is 25.1 Å². The van der Waals surface area contributed by atoms with Crippen molar-refractivity contribution in [2.24, 2.45) is 11.7 Å². The van der Waals surface area contributed by atoms with E-state index in [0.717, 1.165) is 48.7 Å². The minimum absolute atomic E-state index is 0. The van der Waals surface area contributed by atoms with Gasteiger partial charge in [-0.25, -0.2) is 0 Å². The molecular formula is C24H30Cl3F3N2O2. The van der Waals surface area contributed by atoms with E-state index in [1.807, 2.05) is 19.1 Å². The van der Waals surface area contributed by atoms with E-state index in [4.69, 9.17) is 22.1 Å². The molecule has 1 fully saturated rings. The van der Waals surface area contributed by atoms with Crippen molar-refractivity contribution in [1.29, 1.82) is 0 Å². The number of likely N-dealkylation sites (tertiary alicyclic amines) is 1. The lowest BCUT2D eigenvalue weighted by Crippen LogP contribution is -2.42. The van der Waals surface area contributed by atoms with E-state index in [2.05, 4.69) is 4.90 Å². The largest absolute Gasteiger partial charge is 0.507 e. The second kappa shape index (κ2) is 11.7. The number of hydrogen-bond donors (Lipinski definition) is 2. The van der Waals surface area contributed by atoms with Crippen molar-refractivity contribution in [3.8, 4) is 5.75 Å². The fourth-order valence-electron chi connectivity index (χ4n) is 4.92. The van der Waals surface area contributed by atoms with Gasteiger partial charge in [0.05, 0.1) is 22.8 Å². The zero-order chi connectivity index (χ0) is 23.0. The van der Waals surface area contributed by atoms with Crippen LogP contribution in [-0.4, -0.2) is 35.7 Å². The Balaban J connectivity index is 0.00000204. The van der Waals surface area contributed by atoms with Gasteiger partial charge in [0.15, 0.2) is 0 Å². The number of aromatic hydroxyl groups is 1. The molecule has 2 heterocycles. The molecule has 2 aromatic rings. The molecule has 0 unspecified atom stereocenters. The summed E-state index contributed by atoms with van der Waals surface area (Å²) in [6.45, 7) is 4.11. The third-order valence-corrected chi connectivity index (χ3v) is 7.21. The fraction of sp³-hybridized carbons (Fsp3) is 0.500. The van der Waals surface area contributed by atoms with E-state index < -0.39 is 11.7 Å². The average Bonchev–Trinajstić information content (AvgIpc) is 2.77. The molecule has 34 heavy (non-hydrogen) atoms. The lowest BCUT2D eigenvalue weighted by Gasteiger charge is -2.40. The first-order valence-corrected chi connectivity index (χ1v) is 11.3. The highest BCUT2D eigenvalue weighted by atomic mass is 35.5. The van der Waals surface area contributed by atoms with Gasteiger partial charge < -0.3 is 15.6 Å². The molecule has 0 bridgehead atoms. The first kappa shape index (κ1) is 29.0. The van der Waals surface area contributed by atoms with Crippen molar-refractivity contribution in [3.63, 3.8) is 0 Å². The maximum Gasteiger partial charge on any atom is 0.417 e. The number of ether oxygens (including phenoxy) is 1. The number of hydrogen-bond acceptors (Lipinski definition) is 4. The number of phenolic OH excluding ortho intramolecular Hbond substituents is 1. The molecule has 2 atom stereocenters. The van der Waals surface area contributed by atoms with Gasteiger partial charge in [-0.2, -0.15) is 13.2 Å². The van der Waals surface area contributed by atoms with Crippen molar-refractivity contribution < 1.29 is 23.0 Å². The Morgan fingerprint density at radius 3 is 2.44 bits per heavy atom. The smallest absolute Gasteiger partial charge is 0.417 e. The molecule has 190 valence electrons. The summed E-state index contributed by atoms with van der Waals surface area (Å²) in [6, 6.07) is 7.95. The van der Waals surface area contributed by atoms with Gasteiger partial charge in [-0.05, 0) is 61.5 Å². The molecule has 1 saturated heterocycles. The van der Waals surface area contributed by atoms with E-state index in [1.54, 1.807) is 6.07 Å². The second-order valence-electron chi connectivity index (χ2n) is 8.79. The highest BCUT2D eigenvalue weighted by molar-refractivity contribution is 6.32. The Hall–Kier alpha value is -1.22. The molecule has 2 aliphatic rings.